The Bertz CT molecular complexity index is 975. The molecule has 0 radical (unpaired) electrons. The lowest BCUT2D eigenvalue weighted by Gasteiger charge is -2.35. The lowest BCUT2D eigenvalue weighted by molar-refractivity contribution is -0.143. The quantitative estimate of drug-likeness (QED) is 0.380. The van der Waals surface area contributed by atoms with Crippen LogP contribution >= 0.6 is 11.8 Å². The number of nitrogens with zero attached hydrogens (tertiary/aromatic N) is 1. The highest BCUT2D eigenvalue weighted by Gasteiger charge is 2.36. The third kappa shape index (κ3) is 8.22. The van der Waals surface area contributed by atoms with Crippen LogP contribution < -0.4 is 10.0 Å². The number of amides is 2. The highest BCUT2D eigenvalue weighted by atomic mass is 32.2. The molecule has 1 heterocycles. The summed E-state index contributed by atoms with van der Waals surface area (Å²) in [5.74, 6) is -1.67. The van der Waals surface area contributed by atoms with Crippen LogP contribution in [-0.2, 0) is 24.4 Å². The van der Waals surface area contributed by atoms with Crippen molar-refractivity contribution in [3.05, 3.63) is 29.8 Å². The lowest BCUT2D eigenvalue weighted by atomic mass is 9.93. The Kier molecular flexibility index (Phi) is 11.0. The molecule has 35 heavy (non-hydrogen) atoms. The Balaban J connectivity index is 2.03. The molecule has 11 heteroatoms. The Hall–Kier alpha value is -2.11. The molecule has 1 aliphatic heterocycles. The van der Waals surface area contributed by atoms with Crippen LogP contribution in [-0.4, -0.2) is 73.4 Å². The van der Waals surface area contributed by atoms with Crippen molar-refractivity contribution >= 4 is 39.6 Å². The van der Waals surface area contributed by atoms with E-state index < -0.39 is 28.1 Å². The topological polar surface area (TPSA) is 133 Å². The van der Waals surface area contributed by atoms with Crippen molar-refractivity contribution in [3.63, 3.8) is 0 Å². The molecule has 0 aliphatic carbocycles. The zero-order chi connectivity index (χ0) is 26.2. The maximum absolute atomic E-state index is 13.3. The molecule has 1 aromatic carbocycles. The van der Waals surface area contributed by atoms with Gasteiger partial charge in [-0.2, -0.15) is 16.5 Å². The minimum absolute atomic E-state index is 0.106. The normalized spacial score (nSPS) is 17.4. The smallest absolute Gasteiger partial charge is 0.326 e. The SMILES string of the molecule is CC[C@H](C)[C@H](NS(=O)(=O)c1ccc(C)cc1)C(=O)N1CCC(C(=O)N[C@@H](CCSC)C(=O)O)CC1. The van der Waals surface area contributed by atoms with Gasteiger partial charge in [-0.1, -0.05) is 38.0 Å². The molecule has 1 fully saturated rings. The first-order valence-corrected chi connectivity index (χ1v) is 14.8. The third-order valence-electron chi connectivity index (χ3n) is 6.50. The van der Waals surface area contributed by atoms with Gasteiger partial charge in [0.05, 0.1) is 4.90 Å². The number of hydrogen-bond donors (Lipinski definition) is 3. The zero-order valence-electron chi connectivity index (χ0n) is 20.8. The molecular weight excluding hydrogens is 490 g/mol. The van der Waals surface area contributed by atoms with Crippen molar-refractivity contribution < 1.29 is 27.9 Å². The molecule has 0 bridgehead atoms. The van der Waals surface area contributed by atoms with E-state index in [0.29, 0.717) is 44.5 Å². The molecular formula is C24H37N3O6S2. The van der Waals surface area contributed by atoms with Gasteiger partial charge in [-0.25, -0.2) is 13.2 Å². The van der Waals surface area contributed by atoms with E-state index >= 15 is 0 Å². The second kappa shape index (κ2) is 13.3. The molecule has 1 aromatic rings. The van der Waals surface area contributed by atoms with Gasteiger partial charge in [0.25, 0.3) is 0 Å². The van der Waals surface area contributed by atoms with Crippen molar-refractivity contribution in [1.82, 2.24) is 14.9 Å². The Morgan fingerprint density at radius 3 is 2.29 bits per heavy atom. The summed E-state index contributed by atoms with van der Waals surface area (Å²) in [6.07, 6.45) is 3.62. The largest absolute Gasteiger partial charge is 0.480 e. The summed E-state index contributed by atoms with van der Waals surface area (Å²) in [5, 5.41) is 12.0. The van der Waals surface area contributed by atoms with Crippen LogP contribution in [0.2, 0.25) is 0 Å². The van der Waals surface area contributed by atoms with Gasteiger partial charge < -0.3 is 15.3 Å². The molecule has 9 nitrogen and oxygen atoms in total. The minimum atomic E-state index is -3.89. The summed E-state index contributed by atoms with van der Waals surface area (Å²) >= 11 is 1.52. The number of carboxylic acid groups (broad SMARTS) is 1. The van der Waals surface area contributed by atoms with Crippen LogP contribution in [0, 0.1) is 18.8 Å². The number of benzene rings is 1. The van der Waals surface area contributed by atoms with Gasteiger partial charge in [0.2, 0.25) is 21.8 Å². The van der Waals surface area contributed by atoms with E-state index in [4.69, 9.17) is 0 Å². The summed E-state index contributed by atoms with van der Waals surface area (Å²) in [4.78, 5) is 39.1. The maximum Gasteiger partial charge on any atom is 0.326 e. The van der Waals surface area contributed by atoms with E-state index in [2.05, 4.69) is 10.0 Å². The summed E-state index contributed by atoms with van der Waals surface area (Å²) in [6, 6.07) is 4.61. The van der Waals surface area contributed by atoms with Crippen molar-refractivity contribution in [2.24, 2.45) is 11.8 Å². The second-order valence-electron chi connectivity index (χ2n) is 9.08. The first-order valence-electron chi connectivity index (χ1n) is 11.9. The van der Waals surface area contributed by atoms with Gasteiger partial charge >= 0.3 is 5.97 Å². The molecule has 0 aromatic heterocycles. The van der Waals surface area contributed by atoms with E-state index in [1.807, 2.05) is 27.0 Å². The Morgan fingerprint density at radius 1 is 1.17 bits per heavy atom. The number of likely N-dealkylation sites (tertiary alicyclic amines) is 1. The number of carbonyl (C=O) groups excluding carboxylic acids is 2. The van der Waals surface area contributed by atoms with Gasteiger partial charge in [0.15, 0.2) is 0 Å². The van der Waals surface area contributed by atoms with Gasteiger partial charge in [0, 0.05) is 19.0 Å². The van der Waals surface area contributed by atoms with Gasteiger partial charge in [-0.05, 0) is 56.2 Å². The summed E-state index contributed by atoms with van der Waals surface area (Å²) in [7, 11) is -3.89. The van der Waals surface area contributed by atoms with Crippen molar-refractivity contribution in [3.8, 4) is 0 Å². The fourth-order valence-electron chi connectivity index (χ4n) is 3.94. The molecule has 3 atom stereocenters. The number of rotatable bonds is 12. The fraction of sp³-hybridized carbons (Fsp3) is 0.625. The van der Waals surface area contributed by atoms with Gasteiger partial charge in [-0.3, -0.25) is 9.59 Å². The van der Waals surface area contributed by atoms with Crippen LogP contribution in [0.15, 0.2) is 29.2 Å². The van der Waals surface area contributed by atoms with Crippen LogP contribution in [0.4, 0.5) is 0 Å². The van der Waals surface area contributed by atoms with E-state index in [9.17, 15) is 27.9 Å². The third-order valence-corrected chi connectivity index (χ3v) is 8.60. The second-order valence-corrected chi connectivity index (χ2v) is 11.8. The van der Waals surface area contributed by atoms with Crippen LogP contribution in [0.25, 0.3) is 0 Å². The number of carboxylic acids is 1. The van der Waals surface area contributed by atoms with Gasteiger partial charge in [-0.15, -0.1) is 0 Å². The van der Waals surface area contributed by atoms with E-state index in [1.165, 1.54) is 23.9 Å². The van der Waals surface area contributed by atoms with Crippen LogP contribution in [0.1, 0.15) is 45.1 Å². The average molecular weight is 528 g/mol. The number of piperidine rings is 1. The monoisotopic (exact) mass is 527 g/mol. The van der Waals surface area contributed by atoms with E-state index in [1.54, 1.807) is 17.0 Å². The van der Waals surface area contributed by atoms with Crippen LogP contribution in [0.3, 0.4) is 0 Å². The van der Waals surface area contributed by atoms with Gasteiger partial charge in [0.1, 0.15) is 12.1 Å². The van der Waals surface area contributed by atoms with Crippen molar-refractivity contribution in [2.45, 2.75) is 63.4 Å². The maximum atomic E-state index is 13.3. The number of nitrogens with one attached hydrogen (secondary N) is 2. The first kappa shape index (κ1) is 29.1. The van der Waals surface area contributed by atoms with E-state index in [-0.39, 0.29) is 28.5 Å². The number of hydrogen-bond acceptors (Lipinski definition) is 6. The molecule has 3 N–H and O–H groups in total. The lowest BCUT2D eigenvalue weighted by Crippen LogP contribution is -2.54. The molecule has 0 saturated carbocycles. The molecule has 0 spiro atoms. The molecule has 2 rings (SSSR count). The summed E-state index contributed by atoms with van der Waals surface area (Å²) < 4.78 is 28.5. The first-order chi connectivity index (χ1) is 16.5. The standard InChI is InChI=1S/C24H37N3O6S2/c1-5-17(3)21(26-35(32,33)19-8-6-16(2)7-9-19)23(29)27-13-10-18(11-14-27)22(28)25-20(24(30)31)12-15-34-4/h6-9,17-18,20-21,26H,5,10-15H2,1-4H3,(H,25,28)(H,30,31)/t17-,20-,21-/m0/s1. The van der Waals surface area contributed by atoms with Crippen molar-refractivity contribution in [1.29, 1.82) is 0 Å². The van der Waals surface area contributed by atoms with Crippen LogP contribution in [0.5, 0.6) is 0 Å². The Labute approximate surface area is 212 Å². The number of aryl methyl sites for hydroxylation is 1. The summed E-state index contributed by atoms with van der Waals surface area (Å²) in [6.45, 7) is 6.21. The number of thioether (sulfide) groups is 1. The Morgan fingerprint density at radius 2 is 1.77 bits per heavy atom. The molecule has 0 unspecified atom stereocenters. The molecule has 1 aliphatic rings. The highest BCUT2D eigenvalue weighted by molar-refractivity contribution is 7.98. The number of aliphatic carboxylic acids is 1. The highest BCUT2D eigenvalue weighted by Crippen LogP contribution is 2.22. The number of sulfonamides is 1. The van der Waals surface area contributed by atoms with E-state index in [0.717, 1.165) is 5.56 Å². The molecule has 2 amide bonds. The summed E-state index contributed by atoms with van der Waals surface area (Å²) in [5.41, 5.74) is 0.935. The fourth-order valence-corrected chi connectivity index (χ4v) is 5.71. The predicted molar refractivity (Wildman–Crippen MR) is 137 cm³/mol. The average Bonchev–Trinajstić information content (AvgIpc) is 2.84. The predicted octanol–water partition coefficient (Wildman–Crippen LogP) is 2.25. The molecule has 1 saturated heterocycles. The minimum Gasteiger partial charge on any atom is -0.480 e. The zero-order valence-corrected chi connectivity index (χ0v) is 22.5. The number of carbonyl (C=O) groups is 3. The molecule has 196 valence electrons. The van der Waals surface area contributed by atoms with Crippen molar-refractivity contribution in [2.75, 3.05) is 25.1 Å².